The second-order valence-corrected chi connectivity index (χ2v) is 8.42. The zero-order valence-corrected chi connectivity index (χ0v) is 16.1. The molecule has 0 radical (unpaired) electrons. The average Bonchev–Trinajstić information content (AvgIpc) is 2.83. The normalized spacial score (nSPS) is 24.6. The molecule has 2 heterocycles. The van der Waals surface area contributed by atoms with E-state index in [-0.39, 0.29) is 12.6 Å². The molecule has 0 saturated carbocycles. The van der Waals surface area contributed by atoms with Gasteiger partial charge in [0, 0.05) is 17.8 Å². The summed E-state index contributed by atoms with van der Waals surface area (Å²) in [7, 11) is 0. The van der Waals surface area contributed by atoms with Crippen LogP contribution in [0.15, 0.2) is 4.60 Å². The second kappa shape index (κ2) is 6.65. The monoisotopic (exact) mass is 401 g/mol. The maximum Gasteiger partial charge on any atom is 0.410 e. The van der Waals surface area contributed by atoms with Crippen LogP contribution in [0.1, 0.15) is 57.3 Å². The van der Waals surface area contributed by atoms with Crippen molar-refractivity contribution in [3.8, 4) is 0 Å². The standard InChI is InChI=1S/C17H25BrFN3O2/c1-17(2,3)24-16(23)21-9-8-14(12(19)10-21)22-13-7-5-4-6-11(13)15(18)20-22/h12,14H,4-10H2,1-3H3/t12-,14+/m0/s1. The van der Waals surface area contributed by atoms with Crippen LogP contribution in [0.2, 0.25) is 0 Å². The summed E-state index contributed by atoms with van der Waals surface area (Å²) in [6.45, 7) is 6.01. The number of piperidine rings is 1. The van der Waals surface area contributed by atoms with Crippen molar-refractivity contribution in [1.29, 1.82) is 0 Å². The molecule has 1 amide bonds. The Labute approximate surface area is 150 Å². The van der Waals surface area contributed by atoms with E-state index in [2.05, 4.69) is 21.0 Å². The van der Waals surface area contributed by atoms with Crippen molar-refractivity contribution < 1.29 is 13.9 Å². The molecule has 7 heteroatoms. The molecule has 1 aliphatic heterocycles. The molecule has 134 valence electrons. The summed E-state index contributed by atoms with van der Waals surface area (Å²) in [5.41, 5.74) is 1.82. The number of rotatable bonds is 1. The van der Waals surface area contributed by atoms with E-state index in [1.807, 2.05) is 25.5 Å². The lowest BCUT2D eigenvalue weighted by Gasteiger charge is -2.36. The lowest BCUT2D eigenvalue weighted by Crippen LogP contribution is -2.47. The first-order valence-electron chi connectivity index (χ1n) is 8.64. The fraction of sp³-hybridized carbons (Fsp3) is 0.765. The smallest absolute Gasteiger partial charge is 0.410 e. The number of hydrogen-bond acceptors (Lipinski definition) is 3. The average molecular weight is 402 g/mol. The third kappa shape index (κ3) is 3.60. The molecule has 1 aromatic heterocycles. The second-order valence-electron chi connectivity index (χ2n) is 7.67. The van der Waals surface area contributed by atoms with E-state index in [0.29, 0.717) is 13.0 Å². The first-order valence-corrected chi connectivity index (χ1v) is 9.43. The molecular weight excluding hydrogens is 377 g/mol. The van der Waals surface area contributed by atoms with Gasteiger partial charge >= 0.3 is 6.09 Å². The van der Waals surface area contributed by atoms with Crippen LogP contribution in [0.3, 0.4) is 0 Å². The highest BCUT2D eigenvalue weighted by Crippen LogP contribution is 2.34. The molecule has 1 fully saturated rings. The minimum Gasteiger partial charge on any atom is -0.444 e. The predicted molar refractivity (Wildman–Crippen MR) is 92.9 cm³/mol. The topological polar surface area (TPSA) is 47.4 Å². The number of ether oxygens (including phenoxy) is 1. The summed E-state index contributed by atoms with van der Waals surface area (Å²) in [4.78, 5) is 13.6. The number of amides is 1. The Morgan fingerprint density at radius 3 is 2.71 bits per heavy atom. The highest BCUT2D eigenvalue weighted by molar-refractivity contribution is 9.10. The highest BCUT2D eigenvalue weighted by Gasteiger charge is 2.37. The van der Waals surface area contributed by atoms with Gasteiger partial charge in [-0.05, 0) is 68.8 Å². The van der Waals surface area contributed by atoms with Gasteiger partial charge in [0.15, 0.2) is 0 Å². The summed E-state index contributed by atoms with van der Waals surface area (Å²) in [6, 6.07) is -0.304. The zero-order chi connectivity index (χ0) is 17.5. The van der Waals surface area contributed by atoms with Crippen molar-refractivity contribution in [1.82, 2.24) is 14.7 Å². The lowest BCUT2D eigenvalue weighted by molar-refractivity contribution is 0.00548. The van der Waals surface area contributed by atoms with E-state index in [4.69, 9.17) is 4.74 Å². The number of fused-ring (bicyclic) bond motifs is 1. The Hall–Kier alpha value is -1.11. The number of alkyl halides is 1. The number of carbonyl (C=O) groups excluding carboxylic acids is 1. The molecule has 1 aliphatic carbocycles. The molecule has 0 spiro atoms. The molecule has 1 saturated heterocycles. The number of hydrogen-bond donors (Lipinski definition) is 0. The van der Waals surface area contributed by atoms with Gasteiger partial charge in [0.1, 0.15) is 16.4 Å². The van der Waals surface area contributed by atoms with Gasteiger partial charge in [0.2, 0.25) is 0 Å². The van der Waals surface area contributed by atoms with Crippen molar-refractivity contribution in [2.24, 2.45) is 0 Å². The molecule has 2 aliphatic rings. The van der Waals surface area contributed by atoms with Crippen molar-refractivity contribution >= 4 is 22.0 Å². The summed E-state index contributed by atoms with van der Waals surface area (Å²) < 4.78 is 22.9. The molecule has 0 bridgehead atoms. The van der Waals surface area contributed by atoms with Gasteiger partial charge in [-0.15, -0.1) is 0 Å². The van der Waals surface area contributed by atoms with Gasteiger partial charge in [-0.1, -0.05) is 0 Å². The zero-order valence-electron chi connectivity index (χ0n) is 14.5. The Balaban J connectivity index is 1.72. The summed E-state index contributed by atoms with van der Waals surface area (Å²) in [5, 5.41) is 4.55. The van der Waals surface area contributed by atoms with E-state index in [1.165, 1.54) is 10.5 Å². The predicted octanol–water partition coefficient (Wildman–Crippen LogP) is 4.04. The van der Waals surface area contributed by atoms with E-state index >= 15 is 0 Å². The number of nitrogens with zero attached hydrogens (tertiary/aromatic N) is 3. The molecule has 24 heavy (non-hydrogen) atoms. The van der Waals surface area contributed by atoms with Crippen LogP contribution < -0.4 is 0 Å². The van der Waals surface area contributed by atoms with Crippen molar-refractivity contribution in [3.63, 3.8) is 0 Å². The van der Waals surface area contributed by atoms with Crippen LogP contribution in [-0.4, -0.2) is 45.6 Å². The minimum absolute atomic E-state index is 0.0613. The van der Waals surface area contributed by atoms with Gasteiger partial charge in [0.05, 0.1) is 12.6 Å². The maximum absolute atomic E-state index is 14.8. The molecule has 0 aromatic carbocycles. The Bertz CT molecular complexity index is 626. The van der Waals surface area contributed by atoms with E-state index in [0.717, 1.165) is 36.0 Å². The Morgan fingerprint density at radius 2 is 2.04 bits per heavy atom. The van der Waals surface area contributed by atoms with Crippen LogP contribution in [0.4, 0.5) is 9.18 Å². The summed E-state index contributed by atoms with van der Waals surface area (Å²) in [5.74, 6) is 0. The fourth-order valence-electron chi connectivity index (χ4n) is 3.51. The van der Waals surface area contributed by atoms with Crippen LogP contribution in [0, 0.1) is 0 Å². The minimum atomic E-state index is -1.14. The van der Waals surface area contributed by atoms with Crippen molar-refractivity contribution in [3.05, 3.63) is 15.9 Å². The van der Waals surface area contributed by atoms with Crippen LogP contribution in [0.5, 0.6) is 0 Å². The van der Waals surface area contributed by atoms with Crippen molar-refractivity contribution in [2.45, 2.75) is 70.7 Å². The first-order chi connectivity index (χ1) is 11.3. The summed E-state index contributed by atoms with van der Waals surface area (Å²) in [6.07, 6.45) is 3.22. The van der Waals surface area contributed by atoms with Gasteiger partial charge in [0.25, 0.3) is 0 Å². The Kier molecular flexibility index (Phi) is 4.91. The third-order valence-corrected chi connectivity index (χ3v) is 5.27. The lowest BCUT2D eigenvalue weighted by atomic mass is 9.96. The quantitative estimate of drug-likeness (QED) is 0.712. The molecule has 0 unspecified atom stereocenters. The number of aromatic nitrogens is 2. The molecular formula is C17H25BrFN3O2. The van der Waals surface area contributed by atoms with Crippen LogP contribution >= 0.6 is 15.9 Å². The molecule has 1 aromatic rings. The van der Waals surface area contributed by atoms with E-state index < -0.39 is 17.9 Å². The van der Waals surface area contributed by atoms with E-state index in [1.54, 1.807) is 0 Å². The molecule has 5 nitrogen and oxygen atoms in total. The van der Waals surface area contributed by atoms with Gasteiger partial charge in [-0.2, -0.15) is 5.10 Å². The largest absolute Gasteiger partial charge is 0.444 e. The first kappa shape index (κ1) is 17.7. The maximum atomic E-state index is 14.8. The van der Waals surface area contributed by atoms with E-state index in [9.17, 15) is 9.18 Å². The number of halogens is 2. The van der Waals surface area contributed by atoms with Crippen LogP contribution in [0.25, 0.3) is 0 Å². The highest BCUT2D eigenvalue weighted by atomic mass is 79.9. The summed E-state index contributed by atoms with van der Waals surface area (Å²) >= 11 is 3.52. The van der Waals surface area contributed by atoms with Gasteiger partial charge < -0.3 is 9.64 Å². The third-order valence-electron chi connectivity index (χ3n) is 4.63. The fourth-order valence-corrected chi connectivity index (χ4v) is 4.11. The van der Waals surface area contributed by atoms with Gasteiger partial charge in [-0.25, -0.2) is 9.18 Å². The van der Waals surface area contributed by atoms with Crippen molar-refractivity contribution in [2.75, 3.05) is 13.1 Å². The molecule has 3 rings (SSSR count). The van der Waals surface area contributed by atoms with Crippen LogP contribution in [-0.2, 0) is 17.6 Å². The van der Waals surface area contributed by atoms with Gasteiger partial charge in [-0.3, -0.25) is 4.68 Å². The number of carbonyl (C=O) groups is 1. The number of likely N-dealkylation sites (tertiary alicyclic amines) is 1. The Morgan fingerprint density at radius 1 is 1.33 bits per heavy atom. The molecule has 0 N–H and O–H groups in total. The SMILES string of the molecule is CC(C)(C)OC(=O)N1CC[C@@H](n2nc(Br)c3c2CCCC3)[C@@H](F)C1. The molecule has 2 atom stereocenters.